The highest BCUT2D eigenvalue weighted by atomic mass is 79.9. The molecule has 1 aromatic heterocycles. The number of hydrogen-bond acceptors (Lipinski definition) is 4. The van der Waals surface area contributed by atoms with Gasteiger partial charge < -0.3 is 9.84 Å². The number of esters is 1. The van der Waals surface area contributed by atoms with Crippen molar-refractivity contribution in [2.45, 2.75) is 6.92 Å². The summed E-state index contributed by atoms with van der Waals surface area (Å²) in [6.07, 6.45) is 1.65. The van der Waals surface area contributed by atoms with Crippen molar-refractivity contribution >= 4 is 49.5 Å². The van der Waals surface area contributed by atoms with Gasteiger partial charge in [0.05, 0.1) is 27.3 Å². The smallest absolute Gasteiger partial charge is 0.340 e. The number of aromatic nitrogens is 2. The number of H-pyrrole nitrogens is 1. The number of halogens is 2. The van der Waals surface area contributed by atoms with Crippen LogP contribution in [0.15, 0.2) is 27.1 Å². The molecule has 0 aliphatic rings. The van der Waals surface area contributed by atoms with E-state index in [1.165, 1.54) is 7.11 Å². The third-order valence-electron chi connectivity index (χ3n) is 2.74. The lowest BCUT2D eigenvalue weighted by Crippen LogP contribution is -2.04. The fourth-order valence-corrected chi connectivity index (χ4v) is 2.96. The predicted octanol–water partition coefficient (Wildman–Crippen LogP) is 3.66. The number of aryl methyl sites for hydroxylation is 1. The van der Waals surface area contributed by atoms with Gasteiger partial charge in [-0.1, -0.05) is 0 Å². The number of nitrogens with one attached hydrogen (secondary N) is 1. The van der Waals surface area contributed by atoms with Gasteiger partial charge in [-0.25, -0.2) is 4.79 Å². The normalized spacial score (nSPS) is 11.5. The van der Waals surface area contributed by atoms with Crippen molar-refractivity contribution in [1.29, 1.82) is 0 Å². The fraction of sp³-hybridized carbons (Fsp3) is 0.143. The van der Waals surface area contributed by atoms with Crippen LogP contribution < -0.4 is 0 Å². The van der Waals surface area contributed by atoms with Gasteiger partial charge in [-0.05, 0) is 68.6 Å². The van der Waals surface area contributed by atoms with Crippen molar-refractivity contribution in [3.05, 3.63) is 44.1 Å². The van der Waals surface area contributed by atoms with Crippen LogP contribution in [0.3, 0.4) is 0 Å². The zero-order valence-electron chi connectivity index (χ0n) is 11.3. The molecule has 0 unspecified atom stereocenters. The van der Waals surface area contributed by atoms with Gasteiger partial charge in [-0.2, -0.15) is 5.10 Å². The van der Waals surface area contributed by atoms with Crippen molar-refractivity contribution in [3.8, 4) is 5.75 Å². The molecule has 0 spiro atoms. The molecule has 21 heavy (non-hydrogen) atoms. The highest BCUT2D eigenvalue weighted by molar-refractivity contribution is 9.11. The van der Waals surface area contributed by atoms with Gasteiger partial charge >= 0.3 is 5.97 Å². The van der Waals surface area contributed by atoms with Crippen LogP contribution in [0.5, 0.6) is 5.75 Å². The lowest BCUT2D eigenvalue weighted by atomic mass is 10.1. The van der Waals surface area contributed by atoms with Crippen molar-refractivity contribution in [2.24, 2.45) is 0 Å². The lowest BCUT2D eigenvalue weighted by molar-refractivity contribution is -0.133. The van der Waals surface area contributed by atoms with Crippen LogP contribution >= 0.6 is 31.9 Å². The van der Waals surface area contributed by atoms with Crippen LogP contribution in [-0.2, 0) is 9.53 Å². The van der Waals surface area contributed by atoms with Gasteiger partial charge in [0.2, 0.25) is 0 Å². The zero-order chi connectivity index (χ0) is 15.6. The second kappa shape index (κ2) is 6.44. The maximum atomic E-state index is 11.9. The number of carbonyl (C=O) groups excluding carboxylic acids is 1. The zero-order valence-corrected chi connectivity index (χ0v) is 14.4. The molecular formula is C14H12Br2N2O3. The molecule has 0 amide bonds. The van der Waals surface area contributed by atoms with Gasteiger partial charge in [-0.3, -0.25) is 5.10 Å². The second-order valence-electron chi connectivity index (χ2n) is 4.32. The minimum Gasteiger partial charge on any atom is -0.506 e. The van der Waals surface area contributed by atoms with Gasteiger partial charge in [0, 0.05) is 5.69 Å². The topological polar surface area (TPSA) is 75.2 Å². The first kappa shape index (κ1) is 15.8. The molecule has 2 N–H and O–H groups in total. The molecule has 0 bridgehead atoms. The maximum absolute atomic E-state index is 11.9. The molecule has 1 heterocycles. The molecule has 0 saturated heterocycles. The van der Waals surface area contributed by atoms with Crippen molar-refractivity contribution in [2.75, 3.05) is 7.11 Å². The Kier molecular flexibility index (Phi) is 4.84. The largest absolute Gasteiger partial charge is 0.506 e. The first-order valence-corrected chi connectivity index (χ1v) is 7.51. The summed E-state index contributed by atoms with van der Waals surface area (Å²) in [5, 5.41) is 16.6. The molecule has 0 saturated carbocycles. The monoisotopic (exact) mass is 414 g/mol. The van der Waals surface area contributed by atoms with Crippen molar-refractivity contribution in [1.82, 2.24) is 10.2 Å². The third kappa shape index (κ3) is 3.54. The summed E-state index contributed by atoms with van der Waals surface area (Å²) < 4.78 is 5.84. The third-order valence-corrected chi connectivity index (χ3v) is 3.95. The lowest BCUT2D eigenvalue weighted by Gasteiger charge is -2.05. The molecule has 2 rings (SSSR count). The van der Waals surface area contributed by atoms with E-state index in [9.17, 15) is 9.90 Å². The van der Waals surface area contributed by atoms with E-state index in [0.29, 0.717) is 25.8 Å². The van der Waals surface area contributed by atoms with Crippen LogP contribution in [-0.4, -0.2) is 28.4 Å². The van der Waals surface area contributed by atoms with E-state index in [1.54, 1.807) is 24.3 Å². The summed E-state index contributed by atoms with van der Waals surface area (Å²) in [6.45, 7) is 1.85. The minimum absolute atomic E-state index is 0.0994. The molecule has 0 aliphatic carbocycles. The van der Waals surface area contributed by atoms with E-state index in [-0.39, 0.29) is 5.75 Å². The number of nitrogens with zero attached hydrogens (tertiary/aromatic N) is 1. The number of phenols is 1. The number of phenolic OH excluding ortho intramolecular Hbond substituents is 1. The second-order valence-corrected chi connectivity index (χ2v) is 6.03. The quantitative estimate of drug-likeness (QED) is 0.592. The standard InChI is InChI=1S/C14H12Br2N2O3/c1-7-3-12(18-17-7)9(14(20)21-2)4-8-5-10(15)13(19)11(16)6-8/h3-6,19H,1-2H3,(H,17,18). The Morgan fingerprint density at radius 1 is 1.33 bits per heavy atom. The molecule has 7 heteroatoms. The Morgan fingerprint density at radius 2 is 1.95 bits per heavy atom. The average molecular weight is 416 g/mol. The Bertz CT molecular complexity index is 700. The first-order chi connectivity index (χ1) is 9.92. The fourth-order valence-electron chi connectivity index (χ4n) is 1.74. The van der Waals surface area contributed by atoms with E-state index >= 15 is 0 Å². The highest BCUT2D eigenvalue weighted by Crippen LogP contribution is 2.34. The highest BCUT2D eigenvalue weighted by Gasteiger charge is 2.16. The van der Waals surface area contributed by atoms with Crippen molar-refractivity contribution in [3.63, 3.8) is 0 Å². The number of benzene rings is 1. The predicted molar refractivity (Wildman–Crippen MR) is 86.7 cm³/mol. The van der Waals surface area contributed by atoms with Crippen LogP contribution in [0.4, 0.5) is 0 Å². The Balaban J connectivity index is 2.53. The Labute approximate surface area is 138 Å². The number of hydrogen-bond donors (Lipinski definition) is 2. The summed E-state index contributed by atoms with van der Waals surface area (Å²) in [5.41, 5.74) is 2.38. The number of rotatable bonds is 3. The molecule has 0 atom stereocenters. The minimum atomic E-state index is -0.484. The number of ether oxygens (including phenoxy) is 1. The van der Waals surface area contributed by atoms with Crippen LogP contribution in [0, 0.1) is 6.92 Å². The van der Waals surface area contributed by atoms with E-state index in [1.807, 2.05) is 6.92 Å². The number of aromatic hydroxyl groups is 1. The molecule has 0 aliphatic heterocycles. The molecule has 110 valence electrons. The molecule has 1 aromatic carbocycles. The maximum Gasteiger partial charge on any atom is 0.340 e. The summed E-state index contributed by atoms with van der Waals surface area (Å²) in [6, 6.07) is 5.15. The molecule has 0 fully saturated rings. The summed E-state index contributed by atoms with van der Waals surface area (Å²) in [4.78, 5) is 11.9. The summed E-state index contributed by atoms with van der Waals surface area (Å²) in [5.74, 6) is -0.385. The van der Waals surface area contributed by atoms with E-state index < -0.39 is 5.97 Å². The summed E-state index contributed by atoms with van der Waals surface area (Å²) in [7, 11) is 1.32. The Morgan fingerprint density at radius 3 is 2.43 bits per heavy atom. The van der Waals surface area contributed by atoms with E-state index in [2.05, 4.69) is 42.1 Å². The van der Waals surface area contributed by atoms with Gasteiger partial charge in [-0.15, -0.1) is 0 Å². The van der Waals surface area contributed by atoms with E-state index in [4.69, 9.17) is 4.74 Å². The molecule has 5 nitrogen and oxygen atoms in total. The van der Waals surface area contributed by atoms with Gasteiger partial charge in [0.25, 0.3) is 0 Å². The SMILES string of the molecule is COC(=O)C(=Cc1cc(Br)c(O)c(Br)c1)c1cc(C)[nH]n1. The van der Waals surface area contributed by atoms with Gasteiger partial charge in [0.15, 0.2) is 0 Å². The first-order valence-electron chi connectivity index (χ1n) is 5.92. The van der Waals surface area contributed by atoms with Crippen LogP contribution in [0.1, 0.15) is 17.0 Å². The van der Waals surface area contributed by atoms with Gasteiger partial charge in [0.1, 0.15) is 5.75 Å². The number of methoxy groups -OCH3 is 1. The molecular weight excluding hydrogens is 404 g/mol. The average Bonchev–Trinajstić information content (AvgIpc) is 2.87. The van der Waals surface area contributed by atoms with Crippen molar-refractivity contribution < 1.29 is 14.6 Å². The number of carbonyl (C=O) groups is 1. The van der Waals surface area contributed by atoms with Crippen LogP contribution in [0.25, 0.3) is 11.6 Å². The molecule has 2 aromatic rings. The van der Waals surface area contributed by atoms with Crippen LogP contribution in [0.2, 0.25) is 0 Å². The summed E-state index contributed by atoms with van der Waals surface area (Å²) >= 11 is 6.51. The number of aromatic amines is 1. The Hall–Kier alpha value is -1.60. The molecule has 0 radical (unpaired) electrons. The van der Waals surface area contributed by atoms with E-state index in [0.717, 1.165) is 5.69 Å².